The fourth-order valence-electron chi connectivity index (χ4n) is 1.65. The molecule has 0 bridgehead atoms. The van der Waals surface area contributed by atoms with Gasteiger partial charge in [-0.3, -0.25) is 4.79 Å². The summed E-state index contributed by atoms with van der Waals surface area (Å²) < 4.78 is 0. The van der Waals surface area contributed by atoms with Crippen LogP contribution in [0.15, 0.2) is 36.4 Å². The Bertz CT molecular complexity index is 480. The number of nitrogens with one attached hydrogen (secondary N) is 1. The molecule has 4 nitrogen and oxygen atoms in total. The number of carboxylic acid groups (broad SMARTS) is 1. The van der Waals surface area contributed by atoms with Crippen molar-refractivity contribution in [2.45, 2.75) is 19.9 Å². The summed E-state index contributed by atoms with van der Waals surface area (Å²) in [6.45, 7) is 3.95. The molecule has 19 heavy (non-hydrogen) atoms. The van der Waals surface area contributed by atoms with Crippen LogP contribution in [0.25, 0.3) is 0 Å². The van der Waals surface area contributed by atoms with Crippen LogP contribution in [0, 0.1) is 5.92 Å². The number of amides is 1. The summed E-state index contributed by atoms with van der Waals surface area (Å²) in [7, 11) is 0. The molecule has 1 amide bonds. The standard InChI is InChI=1S/C14H16ClNO3/c1-9(2)14(10-3-5-11(15)6-4-10)16-12(17)7-8-13(18)19/h3-9,14H,1-2H3,(H,16,17)(H,18,19)/b8-7+. The first-order valence-corrected chi connectivity index (χ1v) is 6.25. The van der Waals surface area contributed by atoms with E-state index in [2.05, 4.69) is 5.32 Å². The van der Waals surface area contributed by atoms with Crippen LogP contribution in [-0.4, -0.2) is 17.0 Å². The highest BCUT2D eigenvalue weighted by Gasteiger charge is 2.17. The van der Waals surface area contributed by atoms with E-state index in [1.165, 1.54) is 0 Å². The molecule has 0 aromatic heterocycles. The van der Waals surface area contributed by atoms with Crippen molar-refractivity contribution in [2.75, 3.05) is 0 Å². The molecule has 0 aliphatic rings. The Balaban J connectivity index is 2.82. The Hall–Kier alpha value is -1.81. The number of carbonyl (C=O) groups is 2. The largest absolute Gasteiger partial charge is 0.478 e. The van der Waals surface area contributed by atoms with Crippen molar-refractivity contribution >= 4 is 23.5 Å². The number of carbonyl (C=O) groups excluding carboxylic acids is 1. The lowest BCUT2D eigenvalue weighted by Gasteiger charge is -2.22. The van der Waals surface area contributed by atoms with Gasteiger partial charge in [0.1, 0.15) is 0 Å². The van der Waals surface area contributed by atoms with Crippen LogP contribution in [-0.2, 0) is 9.59 Å². The Labute approximate surface area is 117 Å². The average molecular weight is 282 g/mol. The first-order chi connectivity index (χ1) is 8.90. The van der Waals surface area contributed by atoms with E-state index in [-0.39, 0.29) is 12.0 Å². The lowest BCUT2D eigenvalue weighted by atomic mass is 9.96. The molecule has 102 valence electrons. The Kier molecular flexibility index (Phi) is 5.57. The van der Waals surface area contributed by atoms with Gasteiger partial charge in [-0.1, -0.05) is 37.6 Å². The monoisotopic (exact) mass is 281 g/mol. The Morgan fingerprint density at radius 1 is 1.21 bits per heavy atom. The van der Waals surface area contributed by atoms with Crippen LogP contribution < -0.4 is 5.32 Å². The van der Waals surface area contributed by atoms with Crippen molar-refractivity contribution in [3.05, 3.63) is 47.0 Å². The van der Waals surface area contributed by atoms with E-state index >= 15 is 0 Å². The quantitative estimate of drug-likeness (QED) is 0.816. The predicted octanol–water partition coefficient (Wildman–Crippen LogP) is 2.79. The van der Waals surface area contributed by atoms with E-state index in [4.69, 9.17) is 16.7 Å². The molecule has 0 heterocycles. The fourth-order valence-corrected chi connectivity index (χ4v) is 1.78. The first-order valence-electron chi connectivity index (χ1n) is 5.87. The van der Waals surface area contributed by atoms with Gasteiger partial charge in [-0.25, -0.2) is 4.79 Å². The van der Waals surface area contributed by atoms with Crippen molar-refractivity contribution in [3.8, 4) is 0 Å². The third-order valence-corrected chi connectivity index (χ3v) is 2.82. The second-order valence-corrected chi connectivity index (χ2v) is 4.89. The Morgan fingerprint density at radius 3 is 2.26 bits per heavy atom. The van der Waals surface area contributed by atoms with Crippen molar-refractivity contribution in [1.29, 1.82) is 0 Å². The molecular formula is C14H16ClNO3. The van der Waals surface area contributed by atoms with Gasteiger partial charge in [-0.05, 0) is 23.6 Å². The highest BCUT2D eigenvalue weighted by molar-refractivity contribution is 6.30. The SMILES string of the molecule is CC(C)C(NC(=O)/C=C/C(=O)O)c1ccc(Cl)cc1. The molecule has 0 saturated carbocycles. The van der Waals surface area contributed by atoms with E-state index in [9.17, 15) is 9.59 Å². The van der Waals surface area contributed by atoms with Gasteiger partial charge in [-0.2, -0.15) is 0 Å². The van der Waals surface area contributed by atoms with E-state index in [0.29, 0.717) is 5.02 Å². The molecular weight excluding hydrogens is 266 g/mol. The van der Waals surface area contributed by atoms with E-state index in [0.717, 1.165) is 17.7 Å². The second-order valence-electron chi connectivity index (χ2n) is 4.45. The molecule has 1 rings (SSSR count). The summed E-state index contributed by atoms with van der Waals surface area (Å²) in [5.74, 6) is -1.41. The lowest BCUT2D eigenvalue weighted by Crippen LogP contribution is -2.30. The Morgan fingerprint density at radius 2 is 1.79 bits per heavy atom. The zero-order valence-electron chi connectivity index (χ0n) is 10.8. The number of halogens is 1. The van der Waals surface area contributed by atoms with Crippen molar-refractivity contribution < 1.29 is 14.7 Å². The van der Waals surface area contributed by atoms with Gasteiger partial charge in [0.15, 0.2) is 0 Å². The summed E-state index contributed by atoms with van der Waals surface area (Å²) in [5, 5.41) is 11.9. The summed E-state index contributed by atoms with van der Waals surface area (Å²) in [6.07, 6.45) is 1.82. The van der Waals surface area contributed by atoms with Crippen LogP contribution in [0.4, 0.5) is 0 Å². The topological polar surface area (TPSA) is 66.4 Å². The molecule has 0 aliphatic carbocycles. The minimum absolute atomic E-state index is 0.170. The minimum Gasteiger partial charge on any atom is -0.478 e. The maximum atomic E-state index is 11.6. The zero-order chi connectivity index (χ0) is 14.4. The van der Waals surface area contributed by atoms with Crippen LogP contribution >= 0.6 is 11.6 Å². The minimum atomic E-state index is -1.15. The smallest absolute Gasteiger partial charge is 0.328 e. The predicted molar refractivity (Wildman–Crippen MR) is 73.9 cm³/mol. The molecule has 2 N–H and O–H groups in total. The number of benzene rings is 1. The van der Waals surface area contributed by atoms with E-state index < -0.39 is 11.9 Å². The lowest BCUT2D eigenvalue weighted by molar-refractivity contribution is -0.131. The highest BCUT2D eigenvalue weighted by atomic mass is 35.5. The summed E-state index contributed by atoms with van der Waals surface area (Å²) >= 11 is 5.82. The maximum Gasteiger partial charge on any atom is 0.328 e. The number of aliphatic carboxylic acids is 1. The van der Waals surface area contributed by atoms with Gasteiger partial charge in [0, 0.05) is 17.2 Å². The average Bonchev–Trinajstić information content (AvgIpc) is 2.34. The van der Waals surface area contributed by atoms with Crippen LogP contribution in [0.1, 0.15) is 25.5 Å². The summed E-state index contributed by atoms with van der Waals surface area (Å²) in [4.78, 5) is 22.0. The van der Waals surface area contributed by atoms with Crippen LogP contribution in [0.2, 0.25) is 5.02 Å². The molecule has 0 fully saturated rings. The number of hydrogen-bond acceptors (Lipinski definition) is 2. The van der Waals surface area contributed by atoms with Gasteiger partial charge < -0.3 is 10.4 Å². The summed E-state index contributed by atoms with van der Waals surface area (Å²) in [6, 6.07) is 7.00. The number of rotatable bonds is 5. The molecule has 5 heteroatoms. The molecule has 1 unspecified atom stereocenters. The normalized spacial score (nSPS) is 12.6. The molecule has 0 radical (unpaired) electrons. The van der Waals surface area contributed by atoms with E-state index in [1.54, 1.807) is 12.1 Å². The number of hydrogen-bond donors (Lipinski definition) is 2. The van der Waals surface area contributed by atoms with Crippen LogP contribution in [0.3, 0.4) is 0 Å². The van der Waals surface area contributed by atoms with Crippen molar-refractivity contribution in [2.24, 2.45) is 5.92 Å². The molecule has 1 aromatic rings. The molecule has 1 atom stereocenters. The molecule has 1 aromatic carbocycles. The molecule has 0 aliphatic heterocycles. The first kappa shape index (κ1) is 15.2. The van der Waals surface area contributed by atoms with Gasteiger partial charge in [0.25, 0.3) is 0 Å². The molecule has 0 saturated heterocycles. The van der Waals surface area contributed by atoms with E-state index in [1.807, 2.05) is 26.0 Å². The third kappa shape index (κ3) is 5.14. The van der Waals surface area contributed by atoms with Gasteiger partial charge in [0.05, 0.1) is 6.04 Å². The second kappa shape index (κ2) is 6.95. The fraction of sp³-hybridized carbons (Fsp3) is 0.286. The third-order valence-electron chi connectivity index (χ3n) is 2.57. The van der Waals surface area contributed by atoms with Crippen molar-refractivity contribution in [1.82, 2.24) is 5.32 Å². The van der Waals surface area contributed by atoms with Gasteiger partial charge >= 0.3 is 5.97 Å². The molecule has 0 spiro atoms. The number of carboxylic acids is 1. The van der Waals surface area contributed by atoms with Gasteiger partial charge in [-0.15, -0.1) is 0 Å². The summed E-state index contributed by atoms with van der Waals surface area (Å²) in [5.41, 5.74) is 0.927. The maximum absolute atomic E-state index is 11.6. The zero-order valence-corrected chi connectivity index (χ0v) is 11.5. The van der Waals surface area contributed by atoms with Gasteiger partial charge in [0.2, 0.25) is 5.91 Å². The van der Waals surface area contributed by atoms with Crippen LogP contribution in [0.5, 0.6) is 0 Å². The highest BCUT2D eigenvalue weighted by Crippen LogP contribution is 2.23. The van der Waals surface area contributed by atoms with Crippen molar-refractivity contribution in [3.63, 3.8) is 0 Å².